The van der Waals surface area contributed by atoms with Crippen molar-refractivity contribution in [2.75, 3.05) is 0 Å². The Morgan fingerprint density at radius 2 is 1.93 bits per heavy atom. The summed E-state index contributed by atoms with van der Waals surface area (Å²) in [6, 6.07) is 5.57. The molecule has 0 aliphatic heterocycles. The average molecular weight is 207 g/mol. The van der Waals surface area contributed by atoms with E-state index in [4.69, 9.17) is 5.11 Å². The van der Waals surface area contributed by atoms with Crippen LogP contribution in [0.25, 0.3) is 0 Å². The number of carbonyl (C=O) groups is 1. The second-order valence-corrected chi connectivity index (χ2v) is 3.81. The van der Waals surface area contributed by atoms with Crippen LogP contribution < -0.4 is 5.32 Å². The van der Waals surface area contributed by atoms with E-state index in [9.17, 15) is 4.79 Å². The Morgan fingerprint density at radius 3 is 2.40 bits per heavy atom. The maximum absolute atomic E-state index is 10.6. The molecule has 1 atom stereocenters. The molecule has 0 amide bonds. The van der Waals surface area contributed by atoms with Gasteiger partial charge in [0.1, 0.15) is 6.04 Å². The number of rotatable bonds is 4. The van der Waals surface area contributed by atoms with Crippen LogP contribution in [0, 0.1) is 13.8 Å². The maximum Gasteiger partial charge on any atom is 0.320 e. The Morgan fingerprint density at radius 1 is 1.40 bits per heavy atom. The minimum atomic E-state index is -0.818. The van der Waals surface area contributed by atoms with Crippen molar-refractivity contribution < 1.29 is 9.90 Å². The first-order chi connectivity index (χ1) is 7.02. The molecular formula is C12H17NO2. The lowest BCUT2D eigenvalue weighted by molar-refractivity contribution is -0.139. The first-order valence-electron chi connectivity index (χ1n) is 5.03. The second kappa shape index (κ2) is 4.94. The van der Waals surface area contributed by atoms with Crippen LogP contribution in [0.5, 0.6) is 0 Å². The van der Waals surface area contributed by atoms with Gasteiger partial charge in [-0.15, -0.1) is 0 Å². The van der Waals surface area contributed by atoms with E-state index in [0.29, 0.717) is 6.54 Å². The standard InChI is InChI=1S/C12H17NO2/c1-8-5-4-6-9(2)11(8)7-13-10(3)12(14)15/h4-6,10,13H,7H2,1-3H3,(H,14,15)/t10-/m0/s1. The fraction of sp³-hybridized carbons (Fsp3) is 0.417. The lowest BCUT2D eigenvalue weighted by Crippen LogP contribution is -2.33. The summed E-state index contributed by atoms with van der Waals surface area (Å²) >= 11 is 0. The molecule has 0 aliphatic rings. The normalized spacial score (nSPS) is 12.5. The summed E-state index contributed by atoms with van der Waals surface area (Å²) in [5.74, 6) is -0.818. The van der Waals surface area contributed by atoms with Gasteiger partial charge in [-0.1, -0.05) is 18.2 Å². The third kappa shape index (κ3) is 3.06. The molecule has 0 saturated carbocycles. The summed E-state index contributed by atoms with van der Waals surface area (Å²) < 4.78 is 0. The molecule has 1 rings (SSSR count). The monoisotopic (exact) mass is 207 g/mol. The highest BCUT2D eigenvalue weighted by Gasteiger charge is 2.10. The summed E-state index contributed by atoms with van der Waals surface area (Å²) in [5.41, 5.74) is 3.57. The van der Waals surface area contributed by atoms with Crippen molar-refractivity contribution in [2.45, 2.75) is 33.4 Å². The number of carboxylic acids is 1. The number of carboxylic acid groups (broad SMARTS) is 1. The van der Waals surface area contributed by atoms with Crippen LogP contribution in [0.3, 0.4) is 0 Å². The van der Waals surface area contributed by atoms with E-state index in [1.165, 1.54) is 16.7 Å². The molecule has 0 bridgehead atoms. The van der Waals surface area contributed by atoms with Crippen molar-refractivity contribution >= 4 is 5.97 Å². The molecule has 1 aromatic carbocycles. The van der Waals surface area contributed by atoms with E-state index >= 15 is 0 Å². The predicted octanol–water partition coefficient (Wildman–Crippen LogP) is 1.87. The Kier molecular flexibility index (Phi) is 3.86. The summed E-state index contributed by atoms with van der Waals surface area (Å²) in [6.45, 7) is 6.33. The second-order valence-electron chi connectivity index (χ2n) is 3.81. The molecule has 0 saturated heterocycles. The molecule has 0 fully saturated rings. The van der Waals surface area contributed by atoms with E-state index < -0.39 is 12.0 Å². The van der Waals surface area contributed by atoms with E-state index in [1.54, 1.807) is 6.92 Å². The van der Waals surface area contributed by atoms with Crippen LogP contribution in [-0.2, 0) is 11.3 Å². The molecule has 1 aromatic rings. The number of aryl methyl sites for hydroxylation is 2. The highest BCUT2D eigenvalue weighted by molar-refractivity contribution is 5.72. The third-order valence-electron chi connectivity index (χ3n) is 2.60. The van der Waals surface area contributed by atoms with Crippen molar-refractivity contribution in [1.29, 1.82) is 0 Å². The molecule has 0 spiro atoms. The third-order valence-corrected chi connectivity index (χ3v) is 2.60. The van der Waals surface area contributed by atoms with Gasteiger partial charge in [-0.25, -0.2) is 0 Å². The molecule has 2 N–H and O–H groups in total. The van der Waals surface area contributed by atoms with Gasteiger partial charge < -0.3 is 10.4 Å². The fourth-order valence-corrected chi connectivity index (χ4v) is 1.47. The number of hydrogen-bond acceptors (Lipinski definition) is 2. The first-order valence-corrected chi connectivity index (χ1v) is 5.03. The SMILES string of the molecule is Cc1cccc(C)c1CN[C@@H](C)C(=O)O. The zero-order chi connectivity index (χ0) is 11.4. The van der Waals surface area contributed by atoms with Gasteiger partial charge in [0.15, 0.2) is 0 Å². The minimum Gasteiger partial charge on any atom is -0.480 e. The van der Waals surface area contributed by atoms with Crippen LogP contribution in [0.4, 0.5) is 0 Å². The van der Waals surface area contributed by atoms with Crippen LogP contribution >= 0.6 is 0 Å². The predicted molar refractivity (Wildman–Crippen MR) is 59.9 cm³/mol. The number of hydrogen-bond donors (Lipinski definition) is 2. The molecule has 0 heterocycles. The van der Waals surface area contributed by atoms with E-state index in [-0.39, 0.29) is 0 Å². The number of benzene rings is 1. The van der Waals surface area contributed by atoms with Crippen molar-refractivity contribution in [3.8, 4) is 0 Å². The van der Waals surface area contributed by atoms with Crippen LogP contribution in [0.15, 0.2) is 18.2 Å². The van der Waals surface area contributed by atoms with Crippen molar-refractivity contribution in [3.05, 3.63) is 34.9 Å². The zero-order valence-electron chi connectivity index (χ0n) is 9.37. The van der Waals surface area contributed by atoms with Gasteiger partial charge in [0, 0.05) is 6.54 Å². The Hall–Kier alpha value is -1.35. The average Bonchev–Trinajstić information content (AvgIpc) is 2.16. The highest BCUT2D eigenvalue weighted by Crippen LogP contribution is 2.12. The highest BCUT2D eigenvalue weighted by atomic mass is 16.4. The van der Waals surface area contributed by atoms with Crippen molar-refractivity contribution in [3.63, 3.8) is 0 Å². The number of nitrogens with one attached hydrogen (secondary N) is 1. The van der Waals surface area contributed by atoms with Crippen LogP contribution in [0.2, 0.25) is 0 Å². The van der Waals surface area contributed by atoms with Crippen LogP contribution in [-0.4, -0.2) is 17.1 Å². The topological polar surface area (TPSA) is 49.3 Å². The smallest absolute Gasteiger partial charge is 0.320 e. The molecule has 0 unspecified atom stereocenters. The molecule has 0 aromatic heterocycles. The summed E-state index contributed by atoms with van der Waals surface area (Å²) in [5, 5.41) is 11.7. The molecule has 0 aliphatic carbocycles. The molecule has 15 heavy (non-hydrogen) atoms. The first kappa shape index (κ1) is 11.7. The van der Waals surface area contributed by atoms with Gasteiger partial charge in [-0.2, -0.15) is 0 Å². The van der Waals surface area contributed by atoms with Crippen molar-refractivity contribution in [1.82, 2.24) is 5.32 Å². The van der Waals surface area contributed by atoms with Crippen LogP contribution in [0.1, 0.15) is 23.6 Å². The zero-order valence-corrected chi connectivity index (χ0v) is 9.37. The molecule has 0 radical (unpaired) electrons. The number of aliphatic carboxylic acids is 1. The quantitative estimate of drug-likeness (QED) is 0.792. The van der Waals surface area contributed by atoms with Crippen molar-refractivity contribution in [2.24, 2.45) is 0 Å². The Bertz CT molecular complexity index is 340. The molecule has 3 heteroatoms. The lowest BCUT2D eigenvalue weighted by Gasteiger charge is -2.13. The van der Waals surface area contributed by atoms with Gasteiger partial charge in [-0.05, 0) is 37.5 Å². The summed E-state index contributed by atoms with van der Waals surface area (Å²) in [4.78, 5) is 10.6. The van der Waals surface area contributed by atoms with E-state index in [0.717, 1.165) is 0 Å². The molecule has 82 valence electrons. The van der Waals surface area contributed by atoms with E-state index in [1.807, 2.05) is 32.0 Å². The molecular weight excluding hydrogens is 190 g/mol. The van der Waals surface area contributed by atoms with Gasteiger partial charge >= 0.3 is 5.97 Å². The summed E-state index contributed by atoms with van der Waals surface area (Å²) in [7, 11) is 0. The van der Waals surface area contributed by atoms with Gasteiger partial charge in [0.2, 0.25) is 0 Å². The molecule has 3 nitrogen and oxygen atoms in total. The Balaban J connectivity index is 2.69. The summed E-state index contributed by atoms with van der Waals surface area (Å²) in [6.07, 6.45) is 0. The van der Waals surface area contributed by atoms with E-state index in [2.05, 4.69) is 5.32 Å². The van der Waals surface area contributed by atoms with Gasteiger partial charge in [0.25, 0.3) is 0 Å². The van der Waals surface area contributed by atoms with Gasteiger partial charge in [0.05, 0.1) is 0 Å². The fourth-order valence-electron chi connectivity index (χ4n) is 1.47. The minimum absolute atomic E-state index is 0.510. The maximum atomic E-state index is 10.6. The van der Waals surface area contributed by atoms with Gasteiger partial charge in [-0.3, -0.25) is 4.79 Å². The largest absolute Gasteiger partial charge is 0.480 e. The lowest BCUT2D eigenvalue weighted by atomic mass is 10.0. The Labute approximate surface area is 90.1 Å².